The lowest BCUT2D eigenvalue weighted by atomic mass is 9.93. The molecule has 0 aromatic carbocycles. The number of aryl methyl sites for hydroxylation is 2. The Morgan fingerprint density at radius 2 is 2.00 bits per heavy atom. The van der Waals surface area contributed by atoms with Crippen molar-refractivity contribution in [1.82, 2.24) is 9.78 Å². The molecule has 0 saturated carbocycles. The van der Waals surface area contributed by atoms with E-state index in [1.807, 2.05) is 0 Å². The third kappa shape index (κ3) is 2.59. The Labute approximate surface area is 116 Å². The van der Waals surface area contributed by atoms with E-state index in [0.717, 1.165) is 0 Å². The van der Waals surface area contributed by atoms with E-state index in [2.05, 4.69) is 10.4 Å². The maximum atomic E-state index is 11.5. The molecule has 0 bridgehead atoms. The van der Waals surface area contributed by atoms with Gasteiger partial charge in [-0.25, -0.2) is 9.48 Å². The van der Waals surface area contributed by atoms with Crippen molar-refractivity contribution in [2.45, 2.75) is 45.6 Å². The van der Waals surface area contributed by atoms with Crippen molar-refractivity contribution in [2.75, 3.05) is 5.32 Å². The van der Waals surface area contributed by atoms with E-state index in [1.165, 1.54) is 4.68 Å². The summed E-state index contributed by atoms with van der Waals surface area (Å²) in [5.74, 6) is -0.894. The number of hydrogen-bond acceptors (Lipinski definition) is 5. The molecule has 0 fully saturated rings. The van der Waals surface area contributed by atoms with Gasteiger partial charge in [-0.05, 0) is 19.3 Å². The topological polar surface area (TPSA) is 110 Å². The minimum absolute atomic E-state index is 0.137. The lowest BCUT2D eigenvalue weighted by molar-refractivity contribution is -0.384. The van der Waals surface area contributed by atoms with Crippen LogP contribution in [0.25, 0.3) is 0 Å². The summed E-state index contributed by atoms with van der Waals surface area (Å²) in [6, 6.07) is 0. The van der Waals surface area contributed by atoms with Crippen LogP contribution in [0.5, 0.6) is 0 Å². The predicted octanol–water partition coefficient (Wildman–Crippen LogP) is 1.95. The monoisotopic (exact) mass is 284 g/mol. The quantitative estimate of drug-likeness (QED) is 0.585. The fourth-order valence-electron chi connectivity index (χ4n) is 2.15. The average molecular weight is 284 g/mol. The van der Waals surface area contributed by atoms with Crippen LogP contribution in [0.1, 0.15) is 39.3 Å². The lowest BCUT2D eigenvalue weighted by Gasteiger charge is -2.28. The second-order valence-electron chi connectivity index (χ2n) is 4.60. The van der Waals surface area contributed by atoms with Gasteiger partial charge in [0, 0.05) is 7.05 Å². The number of hydrogen-bond donors (Lipinski definition) is 2. The van der Waals surface area contributed by atoms with Crippen molar-refractivity contribution < 1.29 is 14.8 Å². The van der Waals surface area contributed by atoms with Crippen LogP contribution in [0.2, 0.25) is 0 Å². The van der Waals surface area contributed by atoms with E-state index >= 15 is 0 Å². The highest BCUT2D eigenvalue weighted by Crippen LogP contribution is 2.32. The molecule has 0 radical (unpaired) electrons. The van der Waals surface area contributed by atoms with Crippen LogP contribution in [-0.2, 0) is 18.3 Å². The predicted molar refractivity (Wildman–Crippen MR) is 73.8 cm³/mol. The minimum Gasteiger partial charge on any atom is -0.480 e. The van der Waals surface area contributed by atoms with E-state index in [4.69, 9.17) is 0 Å². The Kier molecular flexibility index (Phi) is 4.69. The summed E-state index contributed by atoms with van der Waals surface area (Å²) in [6.45, 7) is 5.23. The van der Waals surface area contributed by atoms with Crippen LogP contribution >= 0.6 is 0 Å². The maximum Gasteiger partial charge on any atom is 0.334 e. The summed E-state index contributed by atoms with van der Waals surface area (Å²) >= 11 is 0. The van der Waals surface area contributed by atoms with Crippen LogP contribution in [0, 0.1) is 10.1 Å². The molecule has 8 heteroatoms. The van der Waals surface area contributed by atoms with E-state index in [-0.39, 0.29) is 11.5 Å². The van der Waals surface area contributed by atoms with Gasteiger partial charge in [0.15, 0.2) is 0 Å². The molecule has 0 aliphatic heterocycles. The summed E-state index contributed by atoms with van der Waals surface area (Å²) in [4.78, 5) is 22.2. The second-order valence-corrected chi connectivity index (χ2v) is 4.60. The number of nitrogens with zero attached hydrogens (tertiary/aromatic N) is 3. The zero-order valence-corrected chi connectivity index (χ0v) is 12.1. The molecule has 0 unspecified atom stereocenters. The molecule has 20 heavy (non-hydrogen) atoms. The first-order valence-corrected chi connectivity index (χ1v) is 6.54. The molecule has 1 rings (SSSR count). The fraction of sp³-hybridized carbons (Fsp3) is 0.667. The number of anilines is 1. The van der Waals surface area contributed by atoms with Gasteiger partial charge in [0.25, 0.3) is 0 Å². The van der Waals surface area contributed by atoms with Gasteiger partial charge in [-0.1, -0.05) is 20.8 Å². The SMILES string of the molecule is CCc1nn(C)c(NC(CC)(CC)C(=O)O)c1[N+](=O)[O-]. The molecular formula is C12H20N4O4. The number of nitrogens with one attached hydrogen (secondary N) is 1. The number of aliphatic carboxylic acids is 1. The van der Waals surface area contributed by atoms with Crippen molar-refractivity contribution in [3.05, 3.63) is 15.8 Å². The molecule has 0 aliphatic rings. The van der Waals surface area contributed by atoms with E-state index in [1.54, 1.807) is 27.8 Å². The molecule has 1 aromatic heterocycles. The molecule has 0 aliphatic carbocycles. The van der Waals surface area contributed by atoms with Crippen molar-refractivity contribution in [1.29, 1.82) is 0 Å². The normalized spacial score (nSPS) is 11.4. The van der Waals surface area contributed by atoms with Crippen LogP contribution < -0.4 is 5.32 Å². The summed E-state index contributed by atoms with van der Waals surface area (Å²) in [5, 5.41) is 27.5. The van der Waals surface area contributed by atoms with Crippen molar-refractivity contribution in [3.63, 3.8) is 0 Å². The summed E-state index contributed by atoms with van der Waals surface area (Å²) in [6.07, 6.45) is 1.02. The first-order chi connectivity index (χ1) is 9.32. The van der Waals surface area contributed by atoms with Gasteiger partial charge in [-0.3, -0.25) is 10.1 Å². The maximum absolute atomic E-state index is 11.5. The highest BCUT2D eigenvalue weighted by Gasteiger charge is 2.38. The van der Waals surface area contributed by atoms with Gasteiger partial charge in [-0.2, -0.15) is 5.10 Å². The summed E-state index contributed by atoms with van der Waals surface area (Å²) in [5.41, 5.74) is -1.04. The highest BCUT2D eigenvalue weighted by molar-refractivity contribution is 5.83. The number of carboxylic acids is 1. The molecule has 1 aromatic rings. The van der Waals surface area contributed by atoms with E-state index in [9.17, 15) is 20.0 Å². The standard InChI is InChI=1S/C12H20N4O4/c1-5-8-9(16(19)20)10(15(4)14-8)13-12(6-2,7-3)11(17)18/h13H,5-7H2,1-4H3,(H,17,18). The van der Waals surface area contributed by atoms with E-state index < -0.39 is 16.4 Å². The van der Waals surface area contributed by atoms with E-state index in [0.29, 0.717) is 25.0 Å². The molecule has 1 heterocycles. The molecule has 8 nitrogen and oxygen atoms in total. The van der Waals surface area contributed by atoms with Crippen LogP contribution in [-0.4, -0.2) is 31.3 Å². The summed E-state index contributed by atoms with van der Waals surface area (Å²) < 4.78 is 1.33. The molecule has 0 atom stereocenters. The lowest BCUT2D eigenvalue weighted by Crippen LogP contribution is -2.45. The Morgan fingerprint density at radius 1 is 1.45 bits per heavy atom. The third-order valence-electron chi connectivity index (χ3n) is 3.58. The zero-order chi connectivity index (χ0) is 15.5. The number of carbonyl (C=O) groups is 1. The number of rotatable bonds is 7. The third-order valence-corrected chi connectivity index (χ3v) is 3.58. The minimum atomic E-state index is -1.23. The Hall–Kier alpha value is -2.12. The van der Waals surface area contributed by atoms with Gasteiger partial charge in [0.2, 0.25) is 5.82 Å². The van der Waals surface area contributed by atoms with Gasteiger partial charge in [-0.15, -0.1) is 0 Å². The van der Waals surface area contributed by atoms with Crippen molar-refractivity contribution >= 4 is 17.5 Å². The average Bonchev–Trinajstić information content (AvgIpc) is 2.72. The molecule has 0 saturated heterocycles. The fourth-order valence-corrected chi connectivity index (χ4v) is 2.15. The van der Waals surface area contributed by atoms with Crippen LogP contribution in [0.15, 0.2) is 0 Å². The van der Waals surface area contributed by atoms with Crippen LogP contribution in [0.3, 0.4) is 0 Å². The molecule has 2 N–H and O–H groups in total. The smallest absolute Gasteiger partial charge is 0.334 e. The molecule has 0 amide bonds. The molecule has 112 valence electrons. The van der Waals surface area contributed by atoms with Gasteiger partial charge >= 0.3 is 11.7 Å². The molecular weight excluding hydrogens is 264 g/mol. The second kappa shape index (κ2) is 5.89. The van der Waals surface area contributed by atoms with Crippen LogP contribution in [0.4, 0.5) is 11.5 Å². The van der Waals surface area contributed by atoms with Crippen molar-refractivity contribution in [3.8, 4) is 0 Å². The Balaban J connectivity index is 3.36. The zero-order valence-electron chi connectivity index (χ0n) is 12.1. The van der Waals surface area contributed by atoms with Crippen molar-refractivity contribution in [2.24, 2.45) is 7.05 Å². The molecule has 0 spiro atoms. The number of aromatic nitrogens is 2. The van der Waals surface area contributed by atoms with Gasteiger partial charge < -0.3 is 10.4 Å². The Morgan fingerprint density at radius 3 is 2.35 bits per heavy atom. The number of nitro groups is 1. The largest absolute Gasteiger partial charge is 0.480 e. The van der Waals surface area contributed by atoms with Gasteiger partial charge in [0.05, 0.1) is 4.92 Å². The highest BCUT2D eigenvalue weighted by atomic mass is 16.6. The first kappa shape index (κ1) is 15.9. The Bertz CT molecular complexity index is 520. The van der Waals surface area contributed by atoms with Gasteiger partial charge in [0.1, 0.15) is 11.2 Å². The summed E-state index contributed by atoms with van der Waals surface area (Å²) in [7, 11) is 1.56. The first-order valence-electron chi connectivity index (χ1n) is 6.54. The number of carboxylic acid groups (broad SMARTS) is 1.